The summed E-state index contributed by atoms with van der Waals surface area (Å²) in [4.78, 5) is 11.9. The maximum atomic E-state index is 11.9. The van der Waals surface area contributed by atoms with Crippen LogP contribution in [-0.2, 0) is 9.53 Å². The van der Waals surface area contributed by atoms with Crippen LogP contribution in [0, 0.1) is 0 Å². The molecule has 0 amide bonds. The van der Waals surface area contributed by atoms with E-state index in [1.54, 1.807) is 38.3 Å². The van der Waals surface area contributed by atoms with Gasteiger partial charge in [0.25, 0.3) is 0 Å². The molecule has 0 radical (unpaired) electrons. The molecule has 18 heavy (non-hydrogen) atoms. The number of methoxy groups -OCH3 is 1. The minimum Gasteiger partial charge on any atom is -0.507 e. The molecule has 1 N–H and O–H groups in total. The van der Waals surface area contributed by atoms with E-state index in [1.807, 2.05) is 6.92 Å². The Labute approximate surface area is 106 Å². The average molecular weight is 248 g/mol. The minimum absolute atomic E-state index is 0.0109. The second kappa shape index (κ2) is 4.37. The topological polar surface area (TPSA) is 55.8 Å². The van der Waals surface area contributed by atoms with Gasteiger partial charge in [-0.15, -0.1) is 0 Å². The van der Waals surface area contributed by atoms with Gasteiger partial charge in [0.05, 0.1) is 7.11 Å². The van der Waals surface area contributed by atoms with Crippen molar-refractivity contribution in [1.29, 1.82) is 0 Å². The van der Waals surface area contributed by atoms with E-state index < -0.39 is 11.6 Å². The number of rotatable bonds is 3. The van der Waals surface area contributed by atoms with Crippen LogP contribution in [0.5, 0.6) is 5.75 Å². The number of hydrogen-bond acceptors (Lipinski definition) is 4. The summed E-state index contributed by atoms with van der Waals surface area (Å²) in [5, 5.41) is 10.2. The lowest BCUT2D eigenvalue weighted by Gasteiger charge is -2.20. The van der Waals surface area contributed by atoms with Crippen molar-refractivity contribution in [1.82, 2.24) is 0 Å². The standard InChI is InChI=1S/C14H16O4/c1-4-14(2)12(15)11(13(16)18-14)9-6-5-7-10(8-9)17-3/h5-8,15H,4H2,1-3H3. The van der Waals surface area contributed by atoms with Crippen molar-refractivity contribution < 1.29 is 19.4 Å². The molecule has 1 aromatic carbocycles. The molecular formula is C14H16O4. The minimum atomic E-state index is -0.921. The third-order valence-corrected chi connectivity index (χ3v) is 3.29. The molecule has 96 valence electrons. The summed E-state index contributed by atoms with van der Waals surface area (Å²) >= 11 is 0. The van der Waals surface area contributed by atoms with Gasteiger partial charge in [0.1, 0.15) is 11.3 Å². The molecule has 0 bridgehead atoms. The molecule has 0 saturated carbocycles. The number of carbonyl (C=O) groups excluding carboxylic acids is 1. The predicted molar refractivity (Wildman–Crippen MR) is 67.3 cm³/mol. The van der Waals surface area contributed by atoms with Crippen molar-refractivity contribution in [3.63, 3.8) is 0 Å². The Balaban J connectivity index is 2.52. The fourth-order valence-electron chi connectivity index (χ4n) is 1.94. The van der Waals surface area contributed by atoms with E-state index in [1.165, 1.54) is 0 Å². The molecule has 4 heteroatoms. The lowest BCUT2D eigenvalue weighted by atomic mass is 9.96. The highest BCUT2D eigenvalue weighted by molar-refractivity contribution is 6.19. The van der Waals surface area contributed by atoms with Gasteiger partial charge in [0.15, 0.2) is 11.4 Å². The highest BCUT2D eigenvalue weighted by atomic mass is 16.6. The van der Waals surface area contributed by atoms with Crippen molar-refractivity contribution in [2.24, 2.45) is 0 Å². The van der Waals surface area contributed by atoms with Crippen molar-refractivity contribution in [3.05, 3.63) is 35.6 Å². The Morgan fingerprint density at radius 2 is 2.17 bits per heavy atom. The number of aliphatic hydroxyl groups is 1. The highest BCUT2D eigenvalue weighted by Crippen LogP contribution is 2.38. The van der Waals surface area contributed by atoms with Gasteiger partial charge in [-0.2, -0.15) is 0 Å². The molecule has 1 atom stereocenters. The van der Waals surface area contributed by atoms with Crippen LogP contribution in [0.3, 0.4) is 0 Å². The molecule has 2 rings (SSSR count). The number of ether oxygens (including phenoxy) is 2. The maximum Gasteiger partial charge on any atom is 0.343 e. The van der Waals surface area contributed by atoms with Crippen molar-refractivity contribution in [3.8, 4) is 5.75 Å². The van der Waals surface area contributed by atoms with E-state index in [2.05, 4.69) is 0 Å². The molecule has 0 aromatic heterocycles. The smallest absolute Gasteiger partial charge is 0.343 e. The van der Waals surface area contributed by atoms with Crippen LogP contribution in [0.2, 0.25) is 0 Å². The summed E-state index contributed by atoms with van der Waals surface area (Å²) in [6, 6.07) is 6.99. The third-order valence-electron chi connectivity index (χ3n) is 3.29. The van der Waals surface area contributed by atoms with Crippen LogP contribution < -0.4 is 4.74 Å². The summed E-state index contributed by atoms with van der Waals surface area (Å²) in [5.41, 5.74) is -0.0950. The van der Waals surface area contributed by atoms with Gasteiger partial charge in [-0.3, -0.25) is 0 Å². The largest absolute Gasteiger partial charge is 0.507 e. The Morgan fingerprint density at radius 3 is 2.72 bits per heavy atom. The van der Waals surface area contributed by atoms with Gasteiger partial charge in [0.2, 0.25) is 0 Å². The lowest BCUT2D eigenvalue weighted by Crippen LogP contribution is -2.26. The first-order valence-corrected chi connectivity index (χ1v) is 5.83. The number of hydrogen-bond donors (Lipinski definition) is 1. The van der Waals surface area contributed by atoms with E-state index >= 15 is 0 Å². The maximum absolute atomic E-state index is 11.9. The molecule has 1 aliphatic heterocycles. The summed E-state index contributed by atoms with van der Waals surface area (Å²) in [5.74, 6) is 0.124. The van der Waals surface area contributed by atoms with Gasteiger partial charge < -0.3 is 14.6 Å². The molecule has 0 fully saturated rings. The second-order valence-electron chi connectivity index (χ2n) is 4.43. The van der Waals surface area contributed by atoms with E-state index in [9.17, 15) is 9.90 Å². The molecule has 1 aromatic rings. The zero-order valence-corrected chi connectivity index (χ0v) is 10.7. The number of esters is 1. The summed E-state index contributed by atoms with van der Waals surface area (Å²) in [6.07, 6.45) is 0.526. The van der Waals surface area contributed by atoms with Gasteiger partial charge >= 0.3 is 5.97 Å². The van der Waals surface area contributed by atoms with Crippen LogP contribution in [-0.4, -0.2) is 23.8 Å². The second-order valence-corrected chi connectivity index (χ2v) is 4.43. The first kappa shape index (κ1) is 12.5. The van der Waals surface area contributed by atoms with Crippen molar-refractivity contribution in [2.45, 2.75) is 25.9 Å². The quantitative estimate of drug-likeness (QED) is 0.835. The van der Waals surface area contributed by atoms with Crippen LogP contribution in [0.1, 0.15) is 25.8 Å². The van der Waals surface area contributed by atoms with Gasteiger partial charge in [-0.25, -0.2) is 4.79 Å². The molecule has 0 aliphatic carbocycles. The molecular weight excluding hydrogens is 232 g/mol. The zero-order chi connectivity index (χ0) is 13.3. The van der Waals surface area contributed by atoms with Crippen LogP contribution in [0.15, 0.2) is 30.0 Å². The van der Waals surface area contributed by atoms with Gasteiger partial charge in [-0.05, 0) is 31.0 Å². The van der Waals surface area contributed by atoms with E-state index in [-0.39, 0.29) is 11.3 Å². The van der Waals surface area contributed by atoms with Gasteiger partial charge in [0, 0.05) is 0 Å². The highest BCUT2D eigenvalue weighted by Gasteiger charge is 2.43. The Bertz CT molecular complexity index is 518. The Hall–Kier alpha value is -1.97. The molecule has 0 spiro atoms. The molecule has 4 nitrogen and oxygen atoms in total. The summed E-state index contributed by atoms with van der Waals surface area (Å²) in [7, 11) is 1.55. The fraction of sp³-hybridized carbons (Fsp3) is 0.357. The summed E-state index contributed by atoms with van der Waals surface area (Å²) in [6.45, 7) is 3.56. The Kier molecular flexibility index (Phi) is 3.03. The zero-order valence-electron chi connectivity index (χ0n) is 10.7. The summed E-state index contributed by atoms with van der Waals surface area (Å²) < 4.78 is 10.4. The average Bonchev–Trinajstić information content (AvgIpc) is 2.61. The van der Waals surface area contributed by atoms with Crippen LogP contribution in [0.4, 0.5) is 0 Å². The third kappa shape index (κ3) is 1.83. The fourth-order valence-corrected chi connectivity index (χ4v) is 1.94. The first-order valence-electron chi connectivity index (χ1n) is 5.83. The molecule has 0 saturated heterocycles. The predicted octanol–water partition coefficient (Wildman–Crippen LogP) is 2.69. The number of benzene rings is 1. The Morgan fingerprint density at radius 1 is 1.44 bits per heavy atom. The SMILES string of the molecule is CCC1(C)OC(=O)C(c2cccc(OC)c2)=C1O. The van der Waals surface area contributed by atoms with E-state index in [0.29, 0.717) is 17.7 Å². The number of cyclic esters (lactones) is 1. The van der Waals surface area contributed by atoms with Crippen molar-refractivity contribution >= 4 is 11.5 Å². The van der Waals surface area contributed by atoms with E-state index in [0.717, 1.165) is 0 Å². The van der Waals surface area contributed by atoms with Crippen LogP contribution >= 0.6 is 0 Å². The first-order chi connectivity index (χ1) is 8.51. The molecule has 1 heterocycles. The van der Waals surface area contributed by atoms with Crippen molar-refractivity contribution in [2.75, 3.05) is 7.11 Å². The van der Waals surface area contributed by atoms with E-state index in [4.69, 9.17) is 9.47 Å². The molecule has 1 aliphatic rings. The normalized spacial score (nSPS) is 23.2. The number of carbonyl (C=O) groups is 1. The molecule has 1 unspecified atom stereocenters. The lowest BCUT2D eigenvalue weighted by molar-refractivity contribution is -0.145. The van der Waals surface area contributed by atoms with Gasteiger partial charge in [-0.1, -0.05) is 19.1 Å². The van der Waals surface area contributed by atoms with Crippen LogP contribution in [0.25, 0.3) is 5.57 Å². The monoisotopic (exact) mass is 248 g/mol. The number of aliphatic hydroxyl groups excluding tert-OH is 1.